The van der Waals surface area contributed by atoms with E-state index in [1.807, 2.05) is 19.1 Å². The second-order valence-electron chi connectivity index (χ2n) is 4.07. The molecule has 2 nitrogen and oxygen atoms in total. The Balaban J connectivity index is 2.95. The first-order valence-electron chi connectivity index (χ1n) is 5.24. The van der Waals surface area contributed by atoms with Gasteiger partial charge in [-0.25, -0.2) is 0 Å². The van der Waals surface area contributed by atoms with Crippen molar-refractivity contribution in [2.45, 2.75) is 32.6 Å². The number of benzene rings is 1. The summed E-state index contributed by atoms with van der Waals surface area (Å²) in [6.45, 7) is 6.15. The van der Waals surface area contributed by atoms with Gasteiger partial charge in [0.25, 0.3) is 0 Å². The molecule has 0 radical (unpaired) electrons. The van der Waals surface area contributed by atoms with Crippen LogP contribution in [0.15, 0.2) is 24.3 Å². The van der Waals surface area contributed by atoms with Gasteiger partial charge in [-0.05, 0) is 24.0 Å². The van der Waals surface area contributed by atoms with E-state index >= 15 is 0 Å². The summed E-state index contributed by atoms with van der Waals surface area (Å²) in [5, 5.41) is 0. The molecule has 15 heavy (non-hydrogen) atoms. The highest BCUT2D eigenvalue weighted by molar-refractivity contribution is 5.77. The monoisotopic (exact) mass is 206 g/mol. The molecule has 1 aromatic carbocycles. The molecule has 0 amide bonds. The highest BCUT2D eigenvalue weighted by Gasteiger charge is 2.15. The Bertz CT molecular complexity index is 342. The molecule has 0 aliphatic heterocycles. The largest absolute Gasteiger partial charge is 0.469 e. The van der Waals surface area contributed by atoms with Crippen LogP contribution < -0.4 is 0 Å². The first kappa shape index (κ1) is 11.8. The zero-order valence-corrected chi connectivity index (χ0v) is 9.78. The van der Waals surface area contributed by atoms with Crippen molar-refractivity contribution >= 4 is 5.97 Å². The zero-order chi connectivity index (χ0) is 11.4. The van der Waals surface area contributed by atoms with Gasteiger partial charge in [-0.15, -0.1) is 0 Å². The van der Waals surface area contributed by atoms with Gasteiger partial charge in [0.2, 0.25) is 0 Å². The van der Waals surface area contributed by atoms with Crippen molar-refractivity contribution in [3.05, 3.63) is 35.4 Å². The van der Waals surface area contributed by atoms with Crippen LogP contribution in [0.4, 0.5) is 0 Å². The fourth-order valence-electron chi connectivity index (χ4n) is 1.50. The Morgan fingerprint density at radius 2 is 1.80 bits per heavy atom. The minimum absolute atomic E-state index is 0.184. The number of hydrogen-bond donors (Lipinski definition) is 0. The van der Waals surface area contributed by atoms with E-state index in [0.717, 1.165) is 5.56 Å². The van der Waals surface area contributed by atoms with Crippen LogP contribution in [0.25, 0.3) is 0 Å². The van der Waals surface area contributed by atoms with Gasteiger partial charge in [0.1, 0.15) is 0 Å². The van der Waals surface area contributed by atoms with E-state index in [9.17, 15) is 4.79 Å². The number of carbonyl (C=O) groups is 1. The van der Waals surface area contributed by atoms with Crippen LogP contribution in [-0.2, 0) is 9.53 Å². The van der Waals surface area contributed by atoms with E-state index in [4.69, 9.17) is 4.74 Å². The van der Waals surface area contributed by atoms with Crippen LogP contribution in [0.1, 0.15) is 43.7 Å². The van der Waals surface area contributed by atoms with E-state index in [2.05, 4.69) is 26.0 Å². The van der Waals surface area contributed by atoms with Gasteiger partial charge in [-0.1, -0.05) is 38.1 Å². The molecule has 0 heterocycles. The Morgan fingerprint density at radius 1 is 1.20 bits per heavy atom. The van der Waals surface area contributed by atoms with Crippen LogP contribution in [0.3, 0.4) is 0 Å². The molecule has 82 valence electrons. The highest BCUT2D eigenvalue weighted by atomic mass is 16.5. The van der Waals surface area contributed by atoms with Gasteiger partial charge in [0, 0.05) is 0 Å². The van der Waals surface area contributed by atoms with Crippen molar-refractivity contribution < 1.29 is 9.53 Å². The lowest BCUT2D eigenvalue weighted by atomic mass is 9.95. The minimum Gasteiger partial charge on any atom is -0.469 e. The molecular weight excluding hydrogens is 188 g/mol. The maximum absolute atomic E-state index is 11.4. The smallest absolute Gasteiger partial charge is 0.312 e. The molecule has 0 aliphatic carbocycles. The van der Waals surface area contributed by atoms with Crippen LogP contribution in [0.2, 0.25) is 0 Å². The summed E-state index contributed by atoms with van der Waals surface area (Å²) in [6.07, 6.45) is 0. The number of methoxy groups -OCH3 is 1. The molecular formula is C13H18O2. The Hall–Kier alpha value is -1.31. The summed E-state index contributed by atoms with van der Waals surface area (Å²) in [5.74, 6) is 0.111. The summed E-state index contributed by atoms with van der Waals surface area (Å²) >= 11 is 0. The maximum Gasteiger partial charge on any atom is 0.312 e. The summed E-state index contributed by atoms with van der Waals surface area (Å²) in [5.41, 5.74) is 2.27. The number of esters is 1. The van der Waals surface area contributed by atoms with Crippen LogP contribution in [0.5, 0.6) is 0 Å². The molecule has 0 saturated carbocycles. The lowest BCUT2D eigenvalue weighted by Crippen LogP contribution is -2.11. The quantitative estimate of drug-likeness (QED) is 0.710. The lowest BCUT2D eigenvalue weighted by molar-refractivity contribution is -0.141. The van der Waals surface area contributed by atoms with Crippen LogP contribution in [-0.4, -0.2) is 13.1 Å². The molecule has 0 saturated heterocycles. The van der Waals surface area contributed by atoms with Gasteiger partial charge in [-0.3, -0.25) is 4.79 Å². The third-order valence-electron chi connectivity index (χ3n) is 2.63. The van der Waals surface area contributed by atoms with Gasteiger partial charge in [0.15, 0.2) is 0 Å². The molecule has 1 unspecified atom stereocenters. The van der Waals surface area contributed by atoms with Crippen LogP contribution >= 0.6 is 0 Å². The standard InChI is InChI=1S/C13H18O2/c1-9(2)11-6-5-7-12(8-11)10(3)13(14)15-4/h5-10H,1-4H3. The molecule has 0 spiro atoms. The molecule has 0 aromatic heterocycles. The summed E-state index contributed by atoms with van der Waals surface area (Å²) in [4.78, 5) is 11.4. The summed E-state index contributed by atoms with van der Waals surface area (Å²) in [6, 6.07) is 8.11. The Morgan fingerprint density at radius 3 is 2.33 bits per heavy atom. The van der Waals surface area contributed by atoms with Crippen molar-refractivity contribution in [3.8, 4) is 0 Å². The SMILES string of the molecule is COC(=O)C(C)c1cccc(C(C)C)c1. The van der Waals surface area contributed by atoms with Crippen molar-refractivity contribution in [2.24, 2.45) is 0 Å². The third kappa shape index (κ3) is 2.82. The first-order chi connectivity index (χ1) is 7.06. The minimum atomic E-state index is -0.186. The topological polar surface area (TPSA) is 26.3 Å². The van der Waals surface area contributed by atoms with Gasteiger partial charge >= 0.3 is 5.97 Å². The molecule has 0 bridgehead atoms. The fourth-order valence-corrected chi connectivity index (χ4v) is 1.50. The van der Waals surface area contributed by atoms with E-state index in [1.165, 1.54) is 12.7 Å². The normalized spacial score (nSPS) is 12.6. The van der Waals surface area contributed by atoms with E-state index < -0.39 is 0 Å². The van der Waals surface area contributed by atoms with Gasteiger partial charge in [-0.2, -0.15) is 0 Å². The molecule has 1 rings (SSSR count). The lowest BCUT2D eigenvalue weighted by Gasteiger charge is -2.12. The van der Waals surface area contributed by atoms with E-state index in [-0.39, 0.29) is 11.9 Å². The molecule has 0 aliphatic rings. The summed E-state index contributed by atoms with van der Waals surface area (Å²) < 4.78 is 4.73. The third-order valence-corrected chi connectivity index (χ3v) is 2.63. The molecule has 0 N–H and O–H groups in total. The van der Waals surface area contributed by atoms with E-state index in [0.29, 0.717) is 5.92 Å². The number of hydrogen-bond acceptors (Lipinski definition) is 2. The molecule has 2 heteroatoms. The predicted octanol–water partition coefficient (Wildman–Crippen LogP) is 3.09. The highest BCUT2D eigenvalue weighted by Crippen LogP contribution is 2.21. The average Bonchev–Trinajstić information content (AvgIpc) is 2.27. The van der Waals surface area contributed by atoms with Gasteiger partial charge < -0.3 is 4.74 Å². The number of carbonyl (C=O) groups excluding carboxylic acids is 1. The Labute approximate surface area is 91.3 Å². The first-order valence-corrected chi connectivity index (χ1v) is 5.24. The van der Waals surface area contributed by atoms with Crippen LogP contribution in [0, 0.1) is 0 Å². The Kier molecular flexibility index (Phi) is 3.89. The molecule has 0 fully saturated rings. The number of ether oxygens (including phenoxy) is 1. The van der Waals surface area contributed by atoms with Crippen molar-refractivity contribution in [1.82, 2.24) is 0 Å². The second-order valence-corrected chi connectivity index (χ2v) is 4.07. The van der Waals surface area contributed by atoms with E-state index in [1.54, 1.807) is 0 Å². The molecule has 1 aromatic rings. The van der Waals surface area contributed by atoms with Crippen molar-refractivity contribution in [1.29, 1.82) is 0 Å². The summed E-state index contributed by atoms with van der Waals surface area (Å²) in [7, 11) is 1.42. The fraction of sp³-hybridized carbons (Fsp3) is 0.462. The molecule has 1 atom stereocenters. The average molecular weight is 206 g/mol. The van der Waals surface area contributed by atoms with Crippen molar-refractivity contribution in [2.75, 3.05) is 7.11 Å². The zero-order valence-electron chi connectivity index (χ0n) is 9.78. The van der Waals surface area contributed by atoms with Crippen molar-refractivity contribution in [3.63, 3.8) is 0 Å². The predicted molar refractivity (Wildman–Crippen MR) is 61.0 cm³/mol. The second kappa shape index (κ2) is 4.96. The maximum atomic E-state index is 11.4. The number of rotatable bonds is 3. The van der Waals surface area contributed by atoms with Gasteiger partial charge in [0.05, 0.1) is 13.0 Å².